The van der Waals surface area contributed by atoms with Crippen LogP contribution < -0.4 is 4.90 Å². The highest BCUT2D eigenvalue weighted by molar-refractivity contribution is 9.10. The molecule has 5 heteroatoms. The Labute approximate surface area is 96.3 Å². The van der Waals surface area contributed by atoms with Crippen LogP contribution in [0.5, 0.6) is 0 Å². The van der Waals surface area contributed by atoms with Crippen LogP contribution in [0.25, 0.3) is 5.53 Å². The van der Waals surface area contributed by atoms with Gasteiger partial charge in [0.2, 0.25) is 0 Å². The van der Waals surface area contributed by atoms with E-state index < -0.39 is 0 Å². The number of hydrogen-bond donors (Lipinski definition) is 0. The van der Waals surface area contributed by atoms with Crippen LogP contribution >= 0.6 is 15.9 Å². The van der Waals surface area contributed by atoms with Gasteiger partial charge in [0.05, 0.1) is 0 Å². The SMILES string of the molecule is Cc1cc(Br)ccc1N(C)C(=O)C=[N+]=[N-]. The molecule has 0 aliphatic carbocycles. The molecule has 0 bridgehead atoms. The van der Waals surface area contributed by atoms with Crippen LogP contribution in [0.4, 0.5) is 5.69 Å². The Balaban J connectivity index is 3.06. The summed E-state index contributed by atoms with van der Waals surface area (Å²) >= 11 is 3.34. The molecule has 1 aromatic carbocycles. The zero-order chi connectivity index (χ0) is 11.4. The molecule has 0 radical (unpaired) electrons. The van der Waals surface area contributed by atoms with Crippen LogP contribution in [0.15, 0.2) is 22.7 Å². The number of anilines is 1. The standard InChI is InChI=1S/C10H10BrN3O/c1-7-5-8(11)3-4-9(7)14(2)10(15)6-13-12/h3-6H,1-2H3. The number of benzene rings is 1. The van der Waals surface area contributed by atoms with Crippen LogP contribution in [0.3, 0.4) is 0 Å². The van der Waals surface area contributed by atoms with Gasteiger partial charge >= 0.3 is 12.1 Å². The predicted molar refractivity (Wildman–Crippen MR) is 62.0 cm³/mol. The van der Waals surface area contributed by atoms with Crippen LogP contribution in [0.2, 0.25) is 0 Å². The van der Waals surface area contributed by atoms with E-state index in [1.54, 1.807) is 7.05 Å². The molecule has 0 aliphatic rings. The molecule has 0 saturated heterocycles. The second-order valence-corrected chi connectivity index (χ2v) is 3.99. The van der Waals surface area contributed by atoms with E-state index in [-0.39, 0.29) is 5.91 Å². The number of carbonyl (C=O) groups excluding carboxylic acids is 1. The monoisotopic (exact) mass is 267 g/mol. The molecule has 15 heavy (non-hydrogen) atoms. The largest absolute Gasteiger partial charge is 0.361 e. The fraction of sp³-hybridized carbons (Fsp3) is 0.200. The highest BCUT2D eigenvalue weighted by Crippen LogP contribution is 2.22. The van der Waals surface area contributed by atoms with Gasteiger partial charge < -0.3 is 10.4 Å². The van der Waals surface area contributed by atoms with Gasteiger partial charge in [0.15, 0.2) is 0 Å². The van der Waals surface area contributed by atoms with E-state index in [1.807, 2.05) is 25.1 Å². The lowest BCUT2D eigenvalue weighted by Gasteiger charge is -2.15. The van der Waals surface area contributed by atoms with Gasteiger partial charge in [-0.15, -0.1) is 0 Å². The minimum atomic E-state index is -0.372. The van der Waals surface area contributed by atoms with Crippen molar-refractivity contribution in [3.63, 3.8) is 0 Å². The predicted octanol–water partition coefficient (Wildman–Crippen LogP) is 2.02. The van der Waals surface area contributed by atoms with E-state index in [0.29, 0.717) is 0 Å². The number of amides is 1. The average Bonchev–Trinajstić information content (AvgIpc) is 2.17. The molecule has 0 fully saturated rings. The van der Waals surface area contributed by atoms with Crippen LogP contribution in [-0.2, 0) is 4.79 Å². The molecular formula is C10H10BrN3O. The highest BCUT2D eigenvalue weighted by Gasteiger charge is 2.13. The molecule has 0 atom stereocenters. The minimum absolute atomic E-state index is 0.372. The second-order valence-electron chi connectivity index (χ2n) is 3.07. The topological polar surface area (TPSA) is 56.7 Å². The molecule has 1 amide bonds. The summed E-state index contributed by atoms with van der Waals surface area (Å²) in [6, 6.07) is 5.58. The molecule has 0 N–H and O–H groups in total. The van der Waals surface area contributed by atoms with Gasteiger partial charge in [-0.25, -0.2) is 0 Å². The smallest absolute Gasteiger partial charge is 0.345 e. The van der Waals surface area contributed by atoms with E-state index >= 15 is 0 Å². The maximum Gasteiger partial charge on any atom is 0.345 e. The van der Waals surface area contributed by atoms with E-state index in [1.165, 1.54) is 4.90 Å². The summed E-state index contributed by atoms with van der Waals surface area (Å²) in [7, 11) is 1.63. The van der Waals surface area contributed by atoms with Crippen molar-refractivity contribution in [2.24, 2.45) is 0 Å². The highest BCUT2D eigenvalue weighted by atomic mass is 79.9. The molecule has 4 nitrogen and oxygen atoms in total. The van der Waals surface area contributed by atoms with Gasteiger partial charge in [0, 0.05) is 17.2 Å². The van der Waals surface area contributed by atoms with Crippen LogP contribution in [0.1, 0.15) is 5.56 Å². The first kappa shape index (κ1) is 11.6. The van der Waals surface area contributed by atoms with Crippen molar-refractivity contribution in [3.8, 4) is 0 Å². The number of aryl methyl sites for hydroxylation is 1. The summed E-state index contributed by atoms with van der Waals surface area (Å²) in [6.45, 7) is 1.90. The molecule has 0 spiro atoms. The number of nitrogens with zero attached hydrogens (tertiary/aromatic N) is 3. The van der Waals surface area contributed by atoms with Gasteiger partial charge in [0.25, 0.3) is 0 Å². The van der Waals surface area contributed by atoms with Crippen LogP contribution in [-0.4, -0.2) is 24.0 Å². The first-order chi connectivity index (χ1) is 7.06. The summed E-state index contributed by atoms with van der Waals surface area (Å²) in [5.41, 5.74) is 10.0. The van der Waals surface area contributed by atoms with Crippen molar-refractivity contribution in [2.75, 3.05) is 11.9 Å². The van der Waals surface area contributed by atoms with Gasteiger partial charge in [-0.05, 0) is 30.7 Å². The molecule has 1 rings (SSSR count). The maximum absolute atomic E-state index is 11.4. The molecule has 0 heterocycles. The molecular weight excluding hydrogens is 258 g/mol. The molecule has 0 saturated carbocycles. The lowest BCUT2D eigenvalue weighted by atomic mass is 10.2. The zero-order valence-corrected chi connectivity index (χ0v) is 10.0. The number of hydrogen-bond acceptors (Lipinski definition) is 1. The number of halogens is 1. The van der Waals surface area contributed by atoms with E-state index in [9.17, 15) is 4.79 Å². The van der Waals surface area contributed by atoms with E-state index in [2.05, 4.69) is 20.7 Å². The Morgan fingerprint density at radius 2 is 2.27 bits per heavy atom. The van der Waals surface area contributed by atoms with E-state index in [4.69, 9.17) is 5.53 Å². The summed E-state index contributed by atoms with van der Waals surface area (Å²) < 4.78 is 0.959. The number of carbonyl (C=O) groups is 1. The Kier molecular flexibility index (Phi) is 3.77. The normalized spacial score (nSPS) is 9.27. The van der Waals surface area contributed by atoms with Gasteiger partial charge in [0.1, 0.15) is 0 Å². The Hall–Kier alpha value is -1.45. The van der Waals surface area contributed by atoms with Crippen molar-refractivity contribution in [1.82, 2.24) is 0 Å². The molecule has 1 aromatic rings. The summed E-state index contributed by atoms with van der Waals surface area (Å²) in [4.78, 5) is 15.5. The Bertz CT molecular complexity index is 438. The zero-order valence-electron chi connectivity index (χ0n) is 8.44. The summed E-state index contributed by atoms with van der Waals surface area (Å²) in [5, 5.41) is 0. The molecule has 0 unspecified atom stereocenters. The lowest BCUT2D eigenvalue weighted by Crippen LogP contribution is -2.27. The first-order valence-corrected chi connectivity index (χ1v) is 5.07. The fourth-order valence-corrected chi connectivity index (χ4v) is 1.73. The Morgan fingerprint density at radius 3 is 2.80 bits per heavy atom. The average molecular weight is 268 g/mol. The van der Waals surface area contributed by atoms with E-state index in [0.717, 1.165) is 21.9 Å². The third-order valence-electron chi connectivity index (χ3n) is 2.02. The third-order valence-corrected chi connectivity index (χ3v) is 2.51. The first-order valence-electron chi connectivity index (χ1n) is 4.27. The van der Waals surface area contributed by atoms with Crippen molar-refractivity contribution < 1.29 is 9.58 Å². The Morgan fingerprint density at radius 1 is 1.60 bits per heavy atom. The van der Waals surface area contributed by atoms with Crippen molar-refractivity contribution >= 4 is 33.7 Å². The second kappa shape index (κ2) is 4.87. The molecule has 0 aromatic heterocycles. The quantitative estimate of drug-likeness (QED) is 0.460. The van der Waals surface area contributed by atoms with Crippen molar-refractivity contribution in [3.05, 3.63) is 33.8 Å². The summed E-state index contributed by atoms with van der Waals surface area (Å²) in [5.74, 6) is -0.372. The molecule has 0 aliphatic heterocycles. The van der Waals surface area contributed by atoms with Crippen molar-refractivity contribution in [2.45, 2.75) is 6.92 Å². The van der Waals surface area contributed by atoms with Gasteiger partial charge in [-0.2, -0.15) is 4.79 Å². The molecule has 78 valence electrons. The minimum Gasteiger partial charge on any atom is -0.361 e. The third kappa shape index (κ3) is 2.75. The van der Waals surface area contributed by atoms with Gasteiger partial charge in [-0.3, -0.25) is 4.79 Å². The van der Waals surface area contributed by atoms with Gasteiger partial charge in [-0.1, -0.05) is 15.9 Å². The fourth-order valence-electron chi connectivity index (χ4n) is 1.25. The van der Waals surface area contributed by atoms with Crippen LogP contribution in [0, 0.1) is 6.92 Å². The lowest BCUT2D eigenvalue weighted by molar-refractivity contribution is -0.115. The summed E-state index contributed by atoms with van der Waals surface area (Å²) in [6.07, 6.45) is 0.863. The maximum atomic E-state index is 11.4. The van der Waals surface area contributed by atoms with Crippen molar-refractivity contribution in [1.29, 1.82) is 0 Å². The number of rotatable bonds is 2.